The van der Waals surface area contributed by atoms with E-state index in [0.717, 1.165) is 42.7 Å². The van der Waals surface area contributed by atoms with Gasteiger partial charge in [0, 0.05) is 39.3 Å². The number of morpholine rings is 1. The molecule has 2 aromatic carbocycles. The van der Waals surface area contributed by atoms with Gasteiger partial charge in [-0.25, -0.2) is 19.2 Å². The summed E-state index contributed by atoms with van der Waals surface area (Å²) in [5.74, 6) is -2.69. The van der Waals surface area contributed by atoms with Gasteiger partial charge in [0.05, 0.1) is 13.2 Å². The molecule has 4 unspecified atom stereocenters. The van der Waals surface area contributed by atoms with E-state index in [1.54, 1.807) is 20.8 Å². The quantitative estimate of drug-likeness (QED) is 0.127. The largest absolute Gasteiger partial charge is 0.458 e. The van der Waals surface area contributed by atoms with Crippen LogP contribution < -0.4 is 4.90 Å². The lowest BCUT2D eigenvalue weighted by Gasteiger charge is -2.33. The minimum absolute atomic E-state index is 0.0102. The fourth-order valence-corrected chi connectivity index (χ4v) is 6.21. The summed E-state index contributed by atoms with van der Waals surface area (Å²) in [5.41, 5.74) is 1.73. The first-order valence-electron chi connectivity index (χ1n) is 20.3. The molecule has 1 saturated heterocycles. The molecule has 0 radical (unpaired) electrons. The Balaban J connectivity index is 0.00000428. The van der Waals surface area contributed by atoms with Gasteiger partial charge >= 0.3 is 24.0 Å². The molecule has 1 aliphatic carbocycles. The molecule has 57 heavy (non-hydrogen) atoms. The Kier molecular flexibility index (Phi) is 18.3. The Morgan fingerprint density at radius 3 is 1.95 bits per heavy atom. The summed E-state index contributed by atoms with van der Waals surface area (Å²) in [6, 6.07) is 14.7. The SMILES string of the molecule is CC.CC(C)CC(C(=O)OC(C)C(=O)OCc1ccccc1)N(C)C(=O)C(Cc1ccc(N2CCOCC2)cc1)OC(=O)C(CC1CC1)N(C)C(=O)OC(C)(C)C. The van der Waals surface area contributed by atoms with Crippen LogP contribution in [0.3, 0.4) is 0 Å². The monoisotopic (exact) mass is 795 g/mol. The first kappa shape index (κ1) is 46.7. The molecule has 0 N–H and O–H groups in total. The number of nitrogens with zero attached hydrogens (tertiary/aromatic N) is 3. The fraction of sp³-hybridized carbons (Fsp3) is 0.614. The lowest BCUT2D eigenvalue weighted by molar-refractivity contribution is -0.174. The van der Waals surface area contributed by atoms with Gasteiger partial charge in [0.2, 0.25) is 0 Å². The molecular formula is C44H65N3O10. The van der Waals surface area contributed by atoms with Crippen molar-refractivity contribution in [2.75, 3.05) is 45.3 Å². The van der Waals surface area contributed by atoms with Gasteiger partial charge in [-0.15, -0.1) is 0 Å². The van der Waals surface area contributed by atoms with E-state index in [-0.39, 0.29) is 31.3 Å². The van der Waals surface area contributed by atoms with Crippen molar-refractivity contribution in [1.29, 1.82) is 0 Å². The number of rotatable bonds is 17. The van der Waals surface area contributed by atoms with Crippen LogP contribution in [0.5, 0.6) is 0 Å². The van der Waals surface area contributed by atoms with Crippen LogP contribution in [0.2, 0.25) is 0 Å². The van der Waals surface area contributed by atoms with Gasteiger partial charge in [-0.2, -0.15) is 0 Å². The molecule has 0 aromatic heterocycles. The van der Waals surface area contributed by atoms with Crippen molar-refractivity contribution < 1.29 is 47.7 Å². The molecule has 2 aliphatic rings. The van der Waals surface area contributed by atoms with Crippen molar-refractivity contribution in [3.63, 3.8) is 0 Å². The Labute approximate surface area is 339 Å². The van der Waals surface area contributed by atoms with Crippen LogP contribution in [0.15, 0.2) is 54.6 Å². The summed E-state index contributed by atoms with van der Waals surface area (Å²) in [6.07, 6.45) is -0.835. The zero-order chi connectivity index (χ0) is 42.3. The van der Waals surface area contributed by atoms with Crippen molar-refractivity contribution in [2.45, 2.75) is 124 Å². The van der Waals surface area contributed by atoms with E-state index in [9.17, 15) is 24.0 Å². The van der Waals surface area contributed by atoms with E-state index < -0.39 is 59.8 Å². The normalized spacial score (nSPS) is 16.2. The Hall–Kier alpha value is -4.65. The number of ether oxygens (including phenoxy) is 5. The highest BCUT2D eigenvalue weighted by molar-refractivity contribution is 5.90. The number of hydrogen-bond acceptors (Lipinski definition) is 11. The van der Waals surface area contributed by atoms with Crippen molar-refractivity contribution in [3.8, 4) is 0 Å². The summed E-state index contributed by atoms with van der Waals surface area (Å²) in [5, 5.41) is 0. The van der Waals surface area contributed by atoms with Crippen molar-refractivity contribution in [1.82, 2.24) is 9.80 Å². The summed E-state index contributed by atoms with van der Waals surface area (Å²) < 4.78 is 28.1. The zero-order valence-electron chi connectivity index (χ0n) is 35.7. The second-order valence-electron chi connectivity index (χ2n) is 15.9. The highest BCUT2D eigenvalue weighted by Crippen LogP contribution is 2.35. The molecule has 316 valence electrons. The number of anilines is 1. The minimum atomic E-state index is -1.35. The topological polar surface area (TPSA) is 141 Å². The van der Waals surface area contributed by atoms with Gasteiger partial charge < -0.3 is 33.5 Å². The highest BCUT2D eigenvalue weighted by atomic mass is 16.6. The third kappa shape index (κ3) is 15.3. The predicted molar refractivity (Wildman–Crippen MR) is 217 cm³/mol. The standard InChI is InChI=1S/C42H59N3O10.C2H6/c1-28(2)24-34(39(48)53-29(3)38(47)52-27-32-12-10-9-11-13-32)43(7)37(46)36(26-31-16-18-33(19-17-31)45-20-22-51-23-21-45)54-40(49)35(25-30-14-15-30)44(8)41(50)55-42(4,5)6;1-2/h9-13,16-19,28-30,34-36H,14-15,20-27H2,1-8H3;1-2H3. The Morgan fingerprint density at radius 2 is 1.39 bits per heavy atom. The van der Waals surface area contributed by atoms with Gasteiger partial charge in [-0.3, -0.25) is 9.69 Å². The maximum Gasteiger partial charge on any atom is 0.410 e. The van der Waals surface area contributed by atoms with E-state index >= 15 is 0 Å². The smallest absolute Gasteiger partial charge is 0.410 e. The number of benzene rings is 2. The molecule has 2 aromatic rings. The van der Waals surface area contributed by atoms with Gasteiger partial charge in [0.15, 0.2) is 12.2 Å². The predicted octanol–water partition coefficient (Wildman–Crippen LogP) is 6.59. The van der Waals surface area contributed by atoms with Gasteiger partial charge in [-0.1, -0.05) is 83.0 Å². The van der Waals surface area contributed by atoms with Crippen LogP contribution in [0.1, 0.15) is 92.2 Å². The molecule has 4 rings (SSSR count). The van der Waals surface area contributed by atoms with Crippen LogP contribution in [-0.2, 0) is 55.9 Å². The first-order chi connectivity index (χ1) is 27.0. The Bertz CT molecular complexity index is 1580. The van der Waals surface area contributed by atoms with E-state index in [1.807, 2.05) is 82.3 Å². The molecule has 2 fully saturated rings. The van der Waals surface area contributed by atoms with Gasteiger partial charge in [0.25, 0.3) is 5.91 Å². The molecule has 0 spiro atoms. The lowest BCUT2D eigenvalue weighted by Crippen LogP contribution is -2.52. The minimum Gasteiger partial charge on any atom is -0.458 e. The van der Waals surface area contributed by atoms with E-state index in [1.165, 1.54) is 30.8 Å². The lowest BCUT2D eigenvalue weighted by atomic mass is 10.0. The highest BCUT2D eigenvalue weighted by Gasteiger charge is 2.41. The Morgan fingerprint density at radius 1 is 0.789 bits per heavy atom. The molecule has 13 nitrogen and oxygen atoms in total. The third-order valence-electron chi connectivity index (χ3n) is 9.57. The molecule has 13 heteroatoms. The van der Waals surface area contributed by atoms with E-state index in [0.29, 0.717) is 19.6 Å². The van der Waals surface area contributed by atoms with Crippen LogP contribution >= 0.6 is 0 Å². The average Bonchev–Trinajstić information content (AvgIpc) is 4.02. The van der Waals surface area contributed by atoms with Crippen molar-refractivity contribution in [2.24, 2.45) is 11.8 Å². The molecule has 1 saturated carbocycles. The van der Waals surface area contributed by atoms with E-state index in [2.05, 4.69) is 4.90 Å². The number of carbonyl (C=O) groups excluding carboxylic acids is 5. The maximum absolute atomic E-state index is 14.5. The third-order valence-corrected chi connectivity index (χ3v) is 9.57. The molecule has 1 aliphatic heterocycles. The van der Waals surface area contributed by atoms with Gasteiger partial charge in [0.1, 0.15) is 24.3 Å². The van der Waals surface area contributed by atoms with Crippen LogP contribution in [0.25, 0.3) is 0 Å². The van der Waals surface area contributed by atoms with Crippen molar-refractivity contribution >= 4 is 35.6 Å². The average molecular weight is 796 g/mol. The summed E-state index contributed by atoms with van der Waals surface area (Å²) in [6.45, 7) is 17.3. The summed E-state index contributed by atoms with van der Waals surface area (Å²) in [7, 11) is 2.96. The molecule has 0 bridgehead atoms. The van der Waals surface area contributed by atoms with Crippen LogP contribution in [0, 0.1) is 11.8 Å². The second kappa shape index (κ2) is 22.3. The number of hydrogen-bond donors (Lipinski definition) is 0. The second-order valence-corrected chi connectivity index (χ2v) is 15.9. The molecule has 1 heterocycles. The fourth-order valence-electron chi connectivity index (χ4n) is 6.21. The molecule has 2 amide bonds. The number of amides is 2. The molecular weight excluding hydrogens is 730 g/mol. The van der Waals surface area contributed by atoms with E-state index in [4.69, 9.17) is 23.7 Å². The number of likely N-dealkylation sites (N-methyl/N-ethyl adjacent to an activating group) is 2. The maximum atomic E-state index is 14.5. The summed E-state index contributed by atoms with van der Waals surface area (Å²) in [4.78, 5) is 72.9. The first-order valence-corrected chi connectivity index (χ1v) is 20.3. The number of carbonyl (C=O) groups is 5. The zero-order valence-corrected chi connectivity index (χ0v) is 35.7. The molecule has 4 atom stereocenters. The van der Waals surface area contributed by atoms with Crippen LogP contribution in [0.4, 0.5) is 10.5 Å². The van der Waals surface area contributed by atoms with Crippen LogP contribution in [-0.4, -0.2) is 110 Å². The van der Waals surface area contributed by atoms with Crippen molar-refractivity contribution in [3.05, 3.63) is 65.7 Å². The van der Waals surface area contributed by atoms with Gasteiger partial charge in [-0.05, 0) is 75.6 Å². The summed E-state index contributed by atoms with van der Waals surface area (Å²) >= 11 is 0. The number of esters is 3.